The minimum Gasteiger partial charge on any atom is -0.497 e. The number of hydrogen-bond acceptors (Lipinski definition) is 5. The van der Waals surface area contributed by atoms with Crippen LogP contribution in [0.1, 0.15) is 12.8 Å². The Balaban J connectivity index is 1.56. The van der Waals surface area contributed by atoms with Crippen molar-refractivity contribution in [1.29, 1.82) is 0 Å². The summed E-state index contributed by atoms with van der Waals surface area (Å²) in [6.45, 7) is 1.16. The van der Waals surface area contributed by atoms with Crippen LogP contribution in [0.2, 0.25) is 5.02 Å². The highest BCUT2D eigenvalue weighted by Crippen LogP contribution is 2.19. The number of likely N-dealkylation sites (tertiary alicyclic amines) is 1. The number of piperidine rings is 1. The van der Waals surface area contributed by atoms with Crippen LogP contribution in [-0.4, -0.2) is 47.2 Å². The van der Waals surface area contributed by atoms with Gasteiger partial charge in [-0.25, -0.2) is 14.8 Å². The van der Waals surface area contributed by atoms with Gasteiger partial charge in [0.05, 0.1) is 31.1 Å². The van der Waals surface area contributed by atoms with E-state index in [2.05, 4.69) is 15.3 Å². The minimum atomic E-state index is -0.157. The van der Waals surface area contributed by atoms with Gasteiger partial charge in [-0.3, -0.25) is 0 Å². The number of urea groups is 1. The van der Waals surface area contributed by atoms with E-state index >= 15 is 0 Å². The molecule has 2 aromatic rings. The van der Waals surface area contributed by atoms with E-state index in [0.717, 1.165) is 24.3 Å². The van der Waals surface area contributed by atoms with Crippen LogP contribution in [0.5, 0.6) is 11.8 Å². The van der Waals surface area contributed by atoms with Crippen molar-refractivity contribution in [1.82, 2.24) is 14.9 Å². The lowest BCUT2D eigenvalue weighted by Gasteiger charge is -2.32. The molecule has 7 nitrogen and oxygen atoms in total. The number of carbonyl (C=O) groups is 1. The van der Waals surface area contributed by atoms with Crippen LogP contribution >= 0.6 is 11.6 Å². The summed E-state index contributed by atoms with van der Waals surface area (Å²) in [5.41, 5.74) is 0.717. The van der Waals surface area contributed by atoms with Crippen LogP contribution < -0.4 is 14.8 Å². The molecule has 8 heteroatoms. The van der Waals surface area contributed by atoms with Gasteiger partial charge in [-0.05, 0) is 37.1 Å². The first kappa shape index (κ1) is 17.3. The van der Waals surface area contributed by atoms with Crippen molar-refractivity contribution in [3.8, 4) is 11.8 Å². The van der Waals surface area contributed by atoms with Crippen molar-refractivity contribution in [2.24, 2.45) is 0 Å². The first-order chi connectivity index (χ1) is 12.1. The maximum atomic E-state index is 12.4. The molecule has 1 N–H and O–H groups in total. The van der Waals surface area contributed by atoms with Crippen LogP contribution in [0.4, 0.5) is 10.5 Å². The van der Waals surface area contributed by atoms with Crippen molar-refractivity contribution in [3.05, 3.63) is 41.7 Å². The zero-order chi connectivity index (χ0) is 17.6. The molecule has 0 unspecified atom stereocenters. The van der Waals surface area contributed by atoms with E-state index in [4.69, 9.17) is 21.1 Å². The summed E-state index contributed by atoms with van der Waals surface area (Å²) in [7, 11) is 1.60. The Bertz CT molecular complexity index is 709. The highest BCUT2D eigenvalue weighted by molar-refractivity contribution is 6.30. The second kappa shape index (κ2) is 8.02. The molecule has 1 aromatic heterocycles. The molecule has 1 aliphatic heterocycles. The van der Waals surface area contributed by atoms with Crippen LogP contribution in [-0.2, 0) is 0 Å². The van der Waals surface area contributed by atoms with Gasteiger partial charge >= 0.3 is 12.0 Å². The fraction of sp³-hybridized carbons (Fsp3) is 0.353. The normalized spacial score (nSPS) is 17.0. The molecule has 1 atom stereocenters. The van der Waals surface area contributed by atoms with E-state index < -0.39 is 0 Å². The van der Waals surface area contributed by atoms with Gasteiger partial charge in [-0.2, -0.15) is 0 Å². The van der Waals surface area contributed by atoms with E-state index in [-0.39, 0.29) is 18.1 Å². The number of hydrogen-bond donors (Lipinski definition) is 1. The molecule has 0 spiro atoms. The van der Waals surface area contributed by atoms with Gasteiger partial charge in [-0.1, -0.05) is 11.6 Å². The molecule has 0 aliphatic carbocycles. The molecule has 2 amide bonds. The van der Waals surface area contributed by atoms with Crippen molar-refractivity contribution < 1.29 is 14.3 Å². The Hall–Kier alpha value is -2.54. The summed E-state index contributed by atoms with van der Waals surface area (Å²) in [5, 5.41) is 3.34. The maximum Gasteiger partial charge on any atom is 0.321 e. The summed E-state index contributed by atoms with van der Waals surface area (Å²) in [6, 6.07) is 7.32. The summed E-state index contributed by atoms with van der Waals surface area (Å²) in [6.07, 6.45) is 4.53. The van der Waals surface area contributed by atoms with Crippen molar-refractivity contribution >= 4 is 23.3 Å². The fourth-order valence-electron chi connectivity index (χ4n) is 2.61. The molecule has 25 heavy (non-hydrogen) atoms. The topological polar surface area (TPSA) is 76.6 Å². The van der Waals surface area contributed by atoms with Gasteiger partial charge in [0.25, 0.3) is 0 Å². The zero-order valence-electron chi connectivity index (χ0n) is 13.8. The second-order valence-corrected chi connectivity index (χ2v) is 6.11. The van der Waals surface area contributed by atoms with E-state index in [0.29, 0.717) is 18.1 Å². The Morgan fingerprint density at radius 3 is 2.68 bits per heavy atom. The van der Waals surface area contributed by atoms with Crippen LogP contribution in [0.15, 0.2) is 36.7 Å². The largest absolute Gasteiger partial charge is 0.497 e. The first-order valence-electron chi connectivity index (χ1n) is 7.98. The molecule has 0 bridgehead atoms. The van der Waals surface area contributed by atoms with Gasteiger partial charge < -0.3 is 19.7 Å². The maximum absolute atomic E-state index is 12.4. The van der Waals surface area contributed by atoms with Crippen LogP contribution in [0.25, 0.3) is 0 Å². The van der Waals surface area contributed by atoms with Crippen molar-refractivity contribution in [2.45, 2.75) is 18.9 Å². The average Bonchev–Trinajstić information content (AvgIpc) is 2.64. The molecule has 132 valence electrons. The summed E-state index contributed by atoms with van der Waals surface area (Å²) in [5.74, 6) is 0.743. The molecular formula is C17H19ClN4O3. The molecule has 0 saturated carbocycles. The Kier molecular flexibility index (Phi) is 5.55. The van der Waals surface area contributed by atoms with Crippen LogP contribution in [0.3, 0.4) is 0 Å². The first-order valence-corrected chi connectivity index (χ1v) is 8.36. The summed E-state index contributed by atoms with van der Waals surface area (Å²) in [4.78, 5) is 22.2. The lowest BCUT2D eigenvalue weighted by atomic mass is 10.1. The standard InChI is InChI=1S/C17H19ClN4O3/c1-24-14-6-4-13(5-7-14)21-17(23)22-8-2-3-15(11-22)25-16-19-9-12(18)10-20-16/h4-7,9-10,15H,2-3,8,11H2,1H3,(H,21,23)/t15-/m1/s1. The van der Waals surface area contributed by atoms with Gasteiger partial charge in [0.15, 0.2) is 0 Å². The zero-order valence-corrected chi connectivity index (χ0v) is 14.6. The molecule has 1 saturated heterocycles. The van der Waals surface area contributed by atoms with Gasteiger partial charge in [0.2, 0.25) is 0 Å². The summed E-state index contributed by atoms with van der Waals surface area (Å²) >= 11 is 5.77. The number of nitrogens with zero attached hydrogens (tertiary/aromatic N) is 3. The predicted molar refractivity (Wildman–Crippen MR) is 94.3 cm³/mol. The molecule has 1 aromatic carbocycles. The third-order valence-corrected chi connectivity index (χ3v) is 4.07. The van der Waals surface area contributed by atoms with Gasteiger partial charge in [-0.15, -0.1) is 0 Å². The molecule has 2 heterocycles. The Morgan fingerprint density at radius 2 is 2.00 bits per heavy atom. The lowest BCUT2D eigenvalue weighted by molar-refractivity contribution is 0.0983. The molecule has 1 aliphatic rings. The van der Waals surface area contributed by atoms with Crippen molar-refractivity contribution in [2.75, 3.05) is 25.5 Å². The van der Waals surface area contributed by atoms with Crippen LogP contribution in [0, 0.1) is 0 Å². The van der Waals surface area contributed by atoms with E-state index in [1.807, 2.05) is 0 Å². The fourth-order valence-corrected chi connectivity index (χ4v) is 2.70. The third kappa shape index (κ3) is 4.73. The highest BCUT2D eigenvalue weighted by Gasteiger charge is 2.25. The number of rotatable bonds is 4. The number of amides is 2. The number of anilines is 1. The van der Waals surface area contributed by atoms with E-state index in [1.165, 1.54) is 12.4 Å². The molecule has 0 radical (unpaired) electrons. The van der Waals surface area contributed by atoms with Crippen molar-refractivity contribution in [3.63, 3.8) is 0 Å². The monoisotopic (exact) mass is 362 g/mol. The second-order valence-electron chi connectivity index (χ2n) is 5.67. The number of ether oxygens (including phenoxy) is 2. The number of halogens is 1. The number of carbonyl (C=O) groups excluding carboxylic acids is 1. The lowest BCUT2D eigenvalue weighted by Crippen LogP contribution is -2.46. The predicted octanol–water partition coefficient (Wildman–Crippen LogP) is 3.21. The van der Waals surface area contributed by atoms with E-state index in [9.17, 15) is 4.79 Å². The smallest absolute Gasteiger partial charge is 0.321 e. The van der Waals surface area contributed by atoms with Gasteiger partial charge in [0.1, 0.15) is 11.9 Å². The third-order valence-electron chi connectivity index (χ3n) is 3.88. The number of aromatic nitrogens is 2. The highest BCUT2D eigenvalue weighted by atomic mass is 35.5. The summed E-state index contributed by atoms with van der Waals surface area (Å²) < 4.78 is 10.9. The average molecular weight is 363 g/mol. The Morgan fingerprint density at radius 1 is 1.28 bits per heavy atom. The van der Waals surface area contributed by atoms with Gasteiger partial charge in [0, 0.05) is 12.2 Å². The number of nitrogens with one attached hydrogen (secondary N) is 1. The quantitative estimate of drug-likeness (QED) is 0.903. The molecule has 3 rings (SSSR count). The van der Waals surface area contributed by atoms with E-state index in [1.54, 1.807) is 36.3 Å². The Labute approximate surface area is 150 Å². The SMILES string of the molecule is COc1ccc(NC(=O)N2CCC[C@@H](Oc3ncc(Cl)cn3)C2)cc1. The molecular weight excluding hydrogens is 344 g/mol. The minimum absolute atomic E-state index is 0.142. The number of methoxy groups -OCH3 is 1. The number of benzene rings is 1. The molecule has 1 fully saturated rings.